The average molecular weight is 513 g/mol. The number of carbonyl (C=O) groups excluding carboxylic acids is 2. The van der Waals surface area contributed by atoms with Gasteiger partial charge in [0.1, 0.15) is 11.5 Å². The third kappa shape index (κ3) is 7.34. The van der Waals surface area contributed by atoms with Gasteiger partial charge in [-0.15, -0.1) is 0 Å². The van der Waals surface area contributed by atoms with Crippen LogP contribution < -0.4 is 15.4 Å². The highest BCUT2D eigenvalue weighted by atomic mass is 35.5. The predicted molar refractivity (Wildman–Crippen MR) is 145 cm³/mol. The molecule has 3 N–H and O–H groups in total. The van der Waals surface area contributed by atoms with Gasteiger partial charge in [-0.2, -0.15) is 0 Å². The van der Waals surface area contributed by atoms with Gasteiger partial charge in [0.25, 0.3) is 5.91 Å². The molecule has 0 aliphatic carbocycles. The molecule has 1 aliphatic rings. The van der Waals surface area contributed by atoms with Crippen molar-refractivity contribution in [1.82, 2.24) is 10.6 Å². The molecule has 0 fully saturated rings. The molecular weight excluding hydrogens is 476 g/mol. The Morgan fingerprint density at radius 3 is 2.53 bits per heavy atom. The van der Waals surface area contributed by atoms with Gasteiger partial charge in [0.2, 0.25) is 5.91 Å². The number of carbonyl (C=O) groups is 2. The lowest BCUT2D eigenvalue weighted by atomic mass is 9.91. The Kier molecular flexibility index (Phi) is 9.97. The smallest absolute Gasteiger partial charge is 0.252 e. The number of hydrogen-bond acceptors (Lipinski definition) is 4. The van der Waals surface area contributed by atoms with Crippen molar-refractivity contribution in [2.24, 2.45) is 11.8 Å². The lowest BCUT2D eigenvalue weighted by molar-refractivity contribution is -0.125. The molecule has 0 spiro atoms. The summed E-state index contributed by atoms with van der Waals surface area (Å²) < 4.78 is 6.09. The molecule has 1 heterocycles. The van der Waals surface area contributed by atoms with Crippen molar-refractivity contribution in [2.75, 3.05) is 6.54 Å². The van der Waals surface area contributed by atoms with E-state index in [1.54, 1.807) is 31.2 Å². The van der Waals surface area contributed by atoms with E-state index in [9.17, 15) is 14.7 Å². The van der Waals surface area contributed by atoms with Crippen LogP contribution in [-0.2, 0) is 9.59 Å². The van der Waals surface area contributed by atoms with E-state index in [0.29, 0.717) is 40.6 Å². The first-order valence-electron chi connectivity index (χ1n) is 12.7. The van der Waals surface area contributed by atoms with Gasteiger partial charge < -0.3 is 20.5 Å². The minimum absolute atomic E-state index is 0.0804. The first-order valence-corrected chi connectivity index (χ1v) is 13.1. The molecule has 2 amide bonds. The highest BCUT2D eigenvalue weighted by Gasteiger charge is 2.29. The third-order valence-electron chi connectivity index (χ3n) is 6.30. The fraction of sp³-hybridized carbons (Fsp3) is 0.448. The standard InChI is InChI=1S/C29H37ClN2O4/c1-5-6-13-31-28(34)19(4)15-25(33)24(14-18(2)3)32-29(35)23-16-20-9-7-8-10-26(20)36-27-17-21(30)11-12-22(23)27/h7-12,16-19,24-25,33H,5-6,13-15H2,1-4H3,(H,31,34)(H,32,35)/t19-,24+,25+/m1/s1. The molecule has 6 nitrogen and oxygen atoms in total. The monoisotopic (exact) mass is 512 g/mol. The van der Waals surface area contributed by atoms with Crippen LogP contribution in [0, 0.1) is 11.8 Å². The highest BCUT2D eigenvalue weighted by Crippen LogP contribution is 2.39. The van der Waals surface area contributed by atoms with Gasteiger partial charge in [0.15, 0.2) is 0 Å². The van der Waals surface area contributed by atoms with Gasteiger partial charge in [-0.3, -0.25) is 9.59 Å². The van der Waals surface area contributed by atoms with Crippen LogP contribution >= 0.6 is 11.6 Å². The minimum Gasteiger partial charge on any atom is -0.456 e. The SMILES string of the molecule is CCCCNC(=O)[C@H](C)C[C@H](O)[C@H](CC(C)C)NC(=O)C1=Cc2ccccc2Oc2cc(Cl)ccc21. The second kappa shape index (κ2) is 12.9. The highest BCUT2D eigenvalue weighted by molar-refractivity contribution is 6.31. The van der Waals surface area contributed by atoms with Gasteiger partial charge in [0, 0.05) is 34.7 Å². The van der Waals surface area contributed by atoms with Gasteiger partial charge in [-0.05, 0) is 49.5 Å². The van der Waals surface area contributed by atoms with Gasteiger partial charge in [0.05, 0.1) is 17.7 Å². The van der Waals surface area contributed by atoms with Crippen LogP contribution in [-0.4, -0.2) is 35.6 Å². The molecule has 0 saturated carbocycles. The molecule has 0 aromatic heterocycles. The summed E-state index contributed by atoms with van der Waals surface area (Å²) in [6.07, 6.45) is 3.68. The quantitative estimate of drug-likeness (QED) is 0.331. The molecule has 0 bridgehead atoms. The fourth-order valence-electron chi connectivity index (χ4n) is 4.30. The number of amides is 2. The van der Waals surface area contributed by atoms with Crippen LogP contribution in [0.25, 0.3) is 11.6 Å². The summed E-state index contributed by atoms with van der Waals surface area (Å²) in [6.45, 7) is 8.59. The first-order chi connectivity index (χ1) is 17.2. The van der Waals surface area contributed by atoms with Crippen molar-refractivity contribution in [3.63, 3.8) is 0 Å². The summed E-state index contributed by atoms with van der Waals surface area (Å²) in [5.41, 5.74) is 1.82. The van der Waals surface area contributed by atoms with Crippen LogP contribution in [0.15, 0.2) is 42.5 Å². The van der Waals surface area contributed by atoms with Gasteiger partial charge in [-0.25, -0.2) is 0 Å². The summed E-state index contributed by atoms with van der Waals surface area (Å²) in [5.74, 6) is 0.588. The van der Waals surface area contributed by atoms with E-state index in [0.717, 1.165) is 18.4 Å². The number of benzene rings is 2. The predicted octanol–water partition coefficient (Wildman–Crippen LogP) is 5.82. The van der Waals surface area contributed by atoms with E-state index < -0.39 is 12.1 Å². The largest absolute Gasteiger partial charge is 0.456 e. The minimum atomic E-state index is -0.872. The third-order valence-corrected chi connectivity index (χ3v) is 6.53. The number of aliphatic hydroxyl groups is 1. The van der Waals surface area contributed by atoms with E-state index in [1.807, 2.05) is 38.1 Å². The molecule has 194 valence electrons. The molecule has 3 rings (SSSR count). The molecule has 0 saturated heterocycles. The lowest BCUT2D eigenvalue weighted by Crippen LogP contribution is -2.46. The summed E-state index contributed by atoms with van der Waals surface area (Å²) in [7, 11) is 0. The van der Waals surface area contributed by atoms with Crippen LogP contribution in [0.3, 0.4) is 0 Å². The molecule has 36 heavy (non-hydrogen) atoms. The van der Waals surface area contributed by atoms with E-state index in [2.05, 4.69) is 17.6 Å². The number of fused-ring (bicyclic) bond motifs is 2. The van der Waals surface area contributed by atoms with Crippen molar-refractivity contribution < 1.29 is 19.4 Å². The van der Waals surface area contributed by atoms with Crippen LogP contribution in [0.4, 0.5) is 0 Å². The fourth-order valence-corrected chi connectivity index (χ4v) is 4.46. The van der Waals surface area contributed by atoms with Gasteiger partial charge in [-0.1, -0.05) is 63.9 Å². The summed E-state index contributed by atoms with van der Waals surface area (Å²) in [6, 6.07) is 12.2. The molecule has 2 aromatic rings. The van der Waals surface area contributed by atoms with Crippen LogP contribution in [0.5, 0.6) is 11.5 Å². The molecule has 7 heteroatoms. The zero-order chi connectivity index (χ0) is 26.2. The Bertz CT molecular complexity index is 1100. The van der Waals surface area contributed by atoms with E-state index in [4.69, 9.17) is 16.3 Å². The van der Waals surface area contributed by atoms with Gasteiger partial charge >= 0.3 is 0 Å². The number of ether oxygens (including phenoxy) is 1. The second-order valence-electron chi connectivity index (χ2n) is 9.90. The van der Waals surface area contributed by atoms with Crippen molar-refractivity contribution in [3.05, 3.63) is 58.6 Å². The van der Waals surface area contributed by atoms with E-state index in [-0.39, 0.29) is 30.1 Å². The molecule has 0 radical (unpaired) electrons. The molecule has 2 aromatic carbocycles. The molecular formula is C29H37ClN2O4. The number of halogens is 1. The molecule has 3 atom stereocenters. The number of aliphatic hydroxyl groups excluding tert-OH is 1. The molecule has 0 unspecified atom stereocenters. The number of para-hydroxylation sites is 1. The number of nitrogens with one attached hydrogen (secondary N) is 2. The van der Waals surface area contributed by atoms with E-state index >= 15 is 0 Å². The Labute approximate surface area is 219 Å². The maximum absolute atomic E-state index is 13.6. The van der Waals surface area contributed by atoms with Crippen molar-refractivity contribution >= 4 is 35.1 Å². The Morgan fingerprint density at radius 2 is 1.81 bits per heavy atom. The zero-order valence-corrected chi connectivity index (χ0v) is 22.3. The topological polar surface area (TPSA) is 87.7 Å². The number of rotatable bonds is 11. The van der Waals surface area contributed by atoms with E-state index in [1.165, 1.54) is 0 Å². The number of hydrogen-bond donors (Lipinski definition) is 3. The Morgan fingerprint density at radius 1 is 1.06 bits per heavy atom. The second-order valence-corrected chi connectivity index (χ2v) is 10.3. The van der Waals surface area contributed by atoms with Crippen LogP contribution in [0.1, 0.15) is 64.5 Å². The zero-order valence-electron chi connectivity index (χ0n) is 21.5. The first kappa shape index (κ1) is 27.8. The Hall–Kier alpha value is -2.83. The summed E-state index contributed by atoms with van der Waals surface area (Å²) in [4.78, 5) is 26.1. The maximum atomic E-state index is 13.6. The number of unbranched alkanes of at least 4 members (excludes halogenated alkanes) is 1. The van der Waals surface area contributed by atoms with Crippen molar-refractivity contribution in [1.29, 1.82) is 0 Å². The molecule has 1 aliphatic heterocycles. The van der Waals surface area contributed by atoms with Crippen molar-refractivity contribution in [3.8, 4) is 11.5 Å². The maximum Gasteiger partial charge on any atom is 0.252 e. The van der Waals surface area contributed by atoms with Crippen molar-refractivity contribution in [2.45, 2.75) is 65.5 Å². The summed E-state index contributed by atoms with van der Waals surface area (Å²) in [5, 5.41) is 17.6. The normalized spacial score (nSPS) is 14.9. The van der Waals surface area contributed by atoms with Crippen LogP contribution in [0.2, 0.25) is 5.02 Å². The average Bonchev–Trinajstić information content (AvgIpc) is 2.99. The summed E-state index contributed by atoms with van der Waals surface area (Å²) >= 11 is 6.22. The lowest BCUT2D eigenvalue weighted by Gasteiger charge is -2.28. The Balaban J connectivity index is 1.83.